The minimum atomic E-state index is -0.816. The van der Waals surface area contributed by atoms with Crippen LogP contribution in [0.5, 0.6) is 5.75 Å². The van der Waals surface area contributed by atoms with E-state index in [0.717, 1.165) is 27.7 Å². The summed E-state index contributed by atoms with van der Waals surface area (Å²) in [5.74, 6) is -0.809. The van der Waals surface area contributed by atoms with Crippen LogP contribution >= 0.6 is 27.3 Å². The number of benzene rings is 3. The van der Waals surface area contributed by atoms with E-state index in [0.29, 0.717) is 10.5 Å². The largest absolute Gasteiger partial charge is 0.506 e. The van der Waals surface area contributed by atoms with Gasteiger partial charge in [-0.05, 0) is 52.2 Å². The molecule has 0 amide bonds. The summed E-state index contributed by atoms with van der Waals surface area (Å²) < 4.78 is 7.12. The number of hydrogen-bond acceptors (Lipinski definition) is 8. The van der Waals surface area contributed by atoms with Crippen molar-refractivity contribution in [1.29, 1.82) is 0 Å². The first-order valence-electron chi connectivity index (χ1n) is 11.6. The maximum Gasteiger partial charge on any atom is 0.338 e. The Morgan fingerprint density at radius 2 is 2.00 bits per heavy atom. The van der Waals surface area contributed by atoms with Gasteiger partial charge in [-0.25, -0.2) is 9.79 Å². The highest BCUT2D eigenvalue weighted by molar-refractivity contribution is 9.10. The molecule has 11 heteroatoms. The molecule has 192 valence electrons. The Balaban J connectivity index is 1.81. The summed E-state index contributed by atoms with van der Waals surface area (Å²) >= 11 is 4.20. The SMILES string of the molecule is CCOC(=O)C1=C(C)N=c2s/c(=C/c3cc([N+](=O)[O-])cc(Br)c3O)c(=O)n2[C@H]1c1cccc2ccccc12. The summed E-state index contributed by atoms with van der Waals surface area (Å²) in [6, 6.07) is 14.9. The fourth-order valence-corrected chi connectivity index (χ4v) is 6.04. The molecule has 5 rings (SSSR count). The van der Waals surface area contributed by atoms with E-state index in [1.165, 1.54) is 22.8 Å². The third-order valence-electron chi connectivity index (χ3n) is 6.21. The topological polar surface area (TPSA) is 124 Å². The Morgan fingerprint density at radius 3 is 2.74 bits per heavy atom. The second-order valence-electron chi connectivity index (χ2n) is 8.49. The van der Waals surface area contributed by atoms with Gasteiger partial charge in [-0.2, -0.15) is 0 Å². The number of halogens is 1. The first-order valence-corrected chi connectivity index (χ1v) is 13.2. The standard InChI is InChI=1S/C27H20BrN3O6S/c1-3-37-26(34)22-14(2)29-27-30(23(22)19-10-6-8-15-7-4-5-9-18(15)19)25(33)21(38-27)12-16-11-17(31(35)36)13-20(28)24(16)32/h4-13,23,32H,3H2,1-2H3/b21-12+/t23-/m0/s1. The molecule has 0 saturated carbocycles. The molecule has 3 aromatic carbocycles. The van der Waals surface area contributed by atoms with Gasteiger partial charge < -0.3 is 9.84 Å². The van der Waals surface area contributed by atoms with E-state index >= 15 is 0 Å². The predicted molar refractivity (Wildman–Crippen MR) is 147 cm³/mol. The Kier molecular flexibility index (Phi) is 6.72. The molecule has 2 heterocycles. The summed E-state index contributed by atoms with van der Waals surface area (Å²) in [6.07, 6.45) is 1.39. The lowest BCUT2D eigenvalue weighted by molar-refractivity contribution is -0.385. The number of rotatable bonds is 5. The molecule has 0 unspecified atom stereocenters. The van der Waals surface area contributed by atoms with Crippen LogP contribution in [0.3, 0.4) is 0 Å². The number of nitrogens with zero attached hydrogens (tertiary/aromatic N) is 3. The summed E-state index contributed by atoms with van der Waals surface area (Å²) in [5.41, 5.74) is 0.803. The van der Waals surface area contributed by atoms with Crippen LogP contribution in [-0.2, 0) is 9.53 Å². The van der Waals surface area contributed by atoms with Crippen molar-refractivity contribution >= 4 is 55.8 Å². The van der Waals surface area contributed by atoms with E-state index in [1.807, 2.05) is 42.5 Å². The van der Waals surface area contributed by atoms with Gasteiger partial charge in [0.2, 0.25) is 0 Å². The summed E-state index contributed by atoms with van der Waals surface area (Å²) in [5, 5.41) is 23.7. The first kappa shape index (κ1) is 25.6. The average molecular weight is 594 g/mol. The summed E-state index contributed by atoms with van der Waals surface area (Å²) in [7, 11) is 0. The molecule has 0 aliphatic carbocycles. The van der Waals surface area contributed by atoms with Gasteiger partial charge in [-0.15, -0.1) is 0 Å². The van der Waals surface area contributed by atoms with Crippen LogP contribution in [0.25, 0.3) is 16.8 Å². The lowest BCUT2D eigenvalue weighted by atomic mass is 9.91. The molecule has 4 aromatic rings. The van der Waals surface area contributed by atoms with Gasteiger partial charge in [0.05, 0.1) is 37.8 Å². The molecular formula is C27H20BrN3O6S. The Morgan fingerprint density at radius 1 is 1.26 bits per heavy atom. The monoisotopic (exact) mass is 593 g/mol. The number of nitro groups is 1. The molecule has 0 radical (unpaired) electrons. The van der Waals surface area contributed by atoms with E-state index in [-0.39, 0.29) is 38.2 Å². The number of aromatic hydroxyl groups is 1. The molecule has 1 aliphatic heterocycles. The van der Waals surface area contributed by atoms with Gasteiger partial charge in [-0.3, -0.25) is 19.5 Å². The molecule has 0 bridgehead atoms. The van der Waals surface area contributed by atoms with Crippen LogP contribution in [0, 0.1) is 10.1 Å². The van der Waals surface area contributed by atoms with Crippen molar-refractivity contribution in [3.05, 3.63) is 111 Å². The number of ether oxygens (including phenoxy) is 1. The molecule has 1 aromatic heterocycles. The van der Waals surface area contributed by atoms with Crippen molar-refractivity contribution < 1.29 is 19.6 Å². The minimum absolute atomic E-state index is 0.0966. The smallest absolute Gasteiger partial charge is 0.338 e. The predicted octanol–water partition coefficient (Wildman–Crippen LogP) is 4.33. The summed E-state index contributed by atoms with van der Waals surface area (Å²) in [6.45, 7) is 3.56. The van der Waals surface area contributed by atoms with Gasteiger partial charge in [0.25, 0.3) is 11.2 Å². The quantitative estimate of drug-likeness (QED) is 0.209. The second-order valence-corrected chi connectivity index (χ2v) is 10.4. The molecular weight excluding hydrogens is 574 g/mol. The number of phenols is 1. The highest BCUT2D eigenvalue weighted by Gasteiger charge is 2.34. The number of nitro benzene ring substituents is 1. The molecule has 1 N–H and O–H groups in total. The van der Waals surface area contributed by atoms with Gasteiger partial charge in [0.1, 0.15) is 5.75 Å². The zero-order chi connectivity index (χ0) is 27.1. The molecule has 0 spiro atoms. The Hall–Kier alpha value is -4.09. The zero-order valence-corrected chi connectivity index (χ0v) is 22.6. The molecule has 0 fully saturated rings. The molecule has 38 heavy (non-hydrogen) atoms. The van der Waals surface area contributed by atoms with Crippen molar-refractivity contribution in [3.8, 4) is 5.75 Å². The maximum atomic E-state index is 13.9. The number of allylic oxidation sites excluding steroid dienone is 1. The lowest BCUT2D eigenvalue weighted by Crippen LogP contribution is -2.40. The number of non-ortho nitro benzene ring substituents is 1. The number of thiazole rings is 1. The molecule has 1 atom stereocenters. The highest BCUT2D eigenvalue weighted by Crippen LogP contribution is 2.35. The van der Waals surface area contributed by atoms with Crippen molar-refractivity contribution in [2.24, 2.45) is 4.99 Å². The van der Waals surface area contributed by atoms with E-state index < -0.39 is 22.5 Å². The number of carbonyl (C=O) groups excluding carboxylic acids is 1. The Bertz CT molecular complexity index is 1850. The third-order valence-corrected chi connectivity index (χ3v) is 7.80. The van der Waals surface area contributed by atoms with Crippen LogP contribution in [0.15, 0.2) is 80.1 Å². The van der Waals surface area contributed by atoms with Crippen LogP contribution in [-0.4, -0.2) is 27.2 Å². The molecule has 9 nitrogen and oxygen atoms in total. The lowest BCUT2D eigenvalue weighted by Gasteiger charge is -2.25. The van der Waals surface area contributed by atoms with Crippen LogP contribution < -0.4 is 14.9 Å². The summed E-state index contributed by atoms with van der Waals surface area (Å²) in [4.78, 5) is 42.7. The van der Waals surface area contributed by atoms with E-state index in [2.05, 4.69) is 20.9 Å². The fourth-order valence-electron chi connectivity index (χ4n) is 4.54. The number of fused-ring (bicyclic) bond motifs is 2. The van der Waals surface area contributed by atoms with Crippen molar-refractivity contribution in [1.82, 2.24) is 4.57 Å². The fraction of sp³-hybridized carbons (Fsp3) is 0.148. The van der Waals surface area contributed by atoms with E-state index in [4.69, 9.17) is 4.74 Å². The van der Waals surface area contributed by atoms with E-state index in [1.54, 1.807) is 13.8 Å². The number of carbonyl (C=O) groups is 1. The van der Waals surface area contributed by atoms with Crippen LogP contribution in [0.4, 0.5) is 5.69 Å². The van der Waals surface area contributed by atoms with Gasteiger partial charge in [0, 0.05) is 17.7 Å². The van der Waals surface area contributed by atoms with Gasteiger partial charge in [0.15, 0.2) is 4.80 Å². The van der Waals surface area contributed by atoms with Crippen LogP contribution in [0.2, 0.25) is 0 Å². The zero-order valence-electron chi connectivity index (χ0n) is 20.2. The number of aromatic nitrogens is 1. The van der Waals surface area contributed by atoms with Crippen molar-refractivity contribution in [3.63, 3.8) is 0 Å². The number of hydrogen-bond donors (Lipinski definition) is 1. The normalized spacial score (nSPS) is 15.3. The first-order chi connectivity index (χ1) is 18.2. The Labute approximate surface area is 227 Å². The maximum absolute atomic E-state index is 13.9. The molecule has 0 saturated heterocycles. The van der Waals surface area contributed by atoms with Gasteiger partial charge >= 0.3 is 5.97 Å². The average Bonchev–Trinajstić information content (AvgIpc) is 3.19. The minimum Gasteiger partial charge on any atom is -0.506 e. The molecule has 1 aliphatic rings. The van der Waals surface area contributed by atoms with Crippen molar-refractivity contribution in [2.75, 3.05) is 6.61 Å². The second kappa shape index (κ2) is 9.99. The highest BCUT2D eigenvalue weighted by atomic mass is 79.9. The number of esters is 1. The van der Waals surface area contributed by atoms with Gasteiger partial charge in [-0.1, -0.05) is 53.8 Å². The van der Waals surface area contributed by atoms with Crippen LogP contribution in [0.1, 0.15) is 31.0 Å². The van der Waals surface area contributed by atoms with E-state index in [9.17, 15) is 24.8 Å². The van der Waals surface area contributed by atoms with Crippen molar-refractivity contribution in [2.45, 2.75) is 19.9 Å². The number of phenolic OH excluding ortho intramolecular Hbond substituents is 1. The third kappa shape index (κ3) is 4.33.